The zero-order valence-electron chi connectivity index (χ0n) is 9.66. The highest BCUT2D eigenvalue weighted by molar-refractivity contribution is 5.79. The minimum absolute atomic E-state index is 0.768. The molecule has 2 atom stereocenters. The van der Waals surface area contributed by atoms with Gasteiger partial charge in [0.15, 0.2) is 0 Å². The summed E-state index contributed by atoms with van der Waals surface area (Å²) in [6, 6.07) is 9.52. The lowest BCUT2D eigenvalue weighted by molar-refractivity contribution is 0.623. The van der Waals surface area contributed by atoms with E-state index in [9.17, 15) is 0 Å². The van der Waals surface area contributed by atoms with Gasteiger partial charge in [0.05, 0.1) is 0 Å². The van der Waals surface area contributed by atoms with Gasteiger partial charge in [0.25, 0.3) is 0 Å². The fourth-order valence-corrected chi connectivity index (χ4v) is 2.40. The topological polar surface area (TPSA) is 27.8 Å². The van der Waals surface area contributed by atoms with E-state index in [-0.39, 0.29) is 0 Å². The number of rotatable bonds is 4. The van der Waals surface area contributed by atoms with Crippen LogP contribution in [0.4, 0.5) is 0 Å². The van der Waals surface area contributed by atoms with Crippen molar-refractivity contribution in [2.24, 2.45) is 5.92 Å². The van der Waals surface area contributed by atoms with Gasteiger partial charge in [-0.15, -0.1) is 0 Å². The van der Waals surface area contributed by atoms with E-state index >= 15 is 0 Å². The van der Waals surface area contributed by atoms with E-state index < -0.39 is 0 Å². The van der Waals surface area contributed by atoms with Gasteiger partial charge in [-0.1, -0.05) is 25.5 Å². The van der Waals surface area contributed by atoms with Crippen LogP contribution in [-0.2, 0) is 6.54 Å². The molecule has 2 unspecified atom stereocenters. The molecule has 1 aromatic heterocycles. The monoisotopic (exact) mass is 214 g/mol. The van der Waals surface area contributed by atoms with Gasteiger partial charge in [-0.3, -0.25) is 0 Å². The highest BCUT2D eigenvalue weighted by Crippen LogP contribution is 2.33. The van der Waals surface area contributed by atoms with Crippen molar-refractivity contribution in [3.05, 3.63) is 36.0 Å². The van der Waals surface area contributed by atoms with E-state index in [0.29, 0.717) is 0 Å². The van der Waals surface area contributed by atoms with Crippen molar-refractivity contribution >= 4 is 10.9 Å². The maximum Gasteiger partial charge on any atom is 0.0457 e. The summed E-state index contributed by atoms with van der Waals surface area (Å²) in [7, 11) is 0. The third kappa shape index (κ3) is 1.85. The van der Waals surface area contributed by atoms with E-state index in [0.717, 1.165) is 18.5 Å². The number of hydrogen-bond acceptors (Lipinski definition) is 1. The summed E-state index contributed by atoms with van der Waals surface area (Å²) in [4.78, 5) is 3.26. The molecule has 2 aromatic rings. The Kier molecular flexibility index (Phi) is 2.44. The van der Waals surface area contributed by atoms with Gasteiger partial charge in [-0.05, 0) is 35.4 Å². The second-order valence-electron chi connectivity index (χ2n) is 4.79. The summed E-state index contributed by atoms with van der Waals surface area (Å²) in [5, 5.41) is 4.91. The van der Waals surface area contributed by atoms with Crippen LogP contribution in [0.15, 0.2) is 30.5 Å². The van der Waals surface area contributed by atoms with Crippen LogP contribution in [0.25, 0.3) is 10.9 Å². The number of aromatic nitrogens is 1. The predicted molar refractivity (Wildman–Crippen MR) is 67.3 cm³/mol. The van der Waals surface area contributed by atoms with Crippen LogP contribution in [-0.4, -0.2) is 11.0 Å². The molecular formula is C14H18N2. The first-order valence-corrected chi connectivity index (χ1v) is 6.16. The molecule has 84 valence electrons. The summed E-state index contributed by atoms with van der Waals surface area (Å²) in [6.45, 7) is 3.27. The summed E-state index contributed by atoms with van der Waals surface area (Å²) in [6.07, 6.45) is 4.67. The van der Waals surface area contributed by atoms with E-state index in [2.05, 4.69) is 41.5 Å². The number of aromatic amines is 1. The smallest absolute Gasteiger partial charge is 0.0457 e. The number of benzene rings is 1. The average Bonchev–Trinajstić information content (AvgIpc) is 2.93. The fraction of sp³-hybridized carbons (Fsp3) is 0.429. The van der Waals surface area contributed by atoms with Crippen molar-refractivity contribution in [1.82, 2.24) is 10.3 Å². The van der Waals surface area contributed by atoms with Crippen LogP contribution in [0.5, 0.6) is 0 Å². The fourth-order valence-electron chi connectivity index (χ4n) is 2.40. The van der Waals surface area contributed by atoms with Crippen LogP contribution in [0, 0.1) is 5.92 Å². The average molecular weight is 214 g/mol. The molecule has 1 fully saturated rings. The van der Waals surface area contributed by atoms with Crippen molar-refractivity contribution in [2.75, 3.05) is 0 Å². The van der Waals surface area contributed by atoms with Gasteiger partial charge in [0, 0.05) is 24.3 Å². The molecule has 1 aliphatic carbocycles. The summed E-state index contributed by atoms with van der Waals surface area (Å²) in [5.41, 5.74) is 2.61. The SMILES string of the molecule is CCC1CC1NCc1ccc2cc[nH]c2c1. The second-order valence-corrected chi connectivity index (χ2v) is 4.79. The molecule has 2 N–H and O–H groups in total. The van der Waals surface area contributed by atoms with Gasteiger partial charge in [0.1, 0.15) is 0 Å². The van der Waals surface area contributed by atoms with Crippen LogP contribution in [0.3, 0.4) is 0 Å². The molecule has 1 saturated carbocycles. The lowest BCUT2D eigenvalue weighted by Gasteiger charge is -2.04. The number of nitrogens with one attached hydrogen (secondary N) is 2. The zero-order chi connectivity index (χ0) is 11.0. The third-order valence-corrected chi connectivity index (χ3v) is 3.63. The van der Waals surface area contributed by atoms with Gasteiger partial charge in [-0.25, -0.2) is 0 Å². The van der Waals surface area contributed by atoms with Gasteiger partial charge < -0.3 is 10.3 Å². The second kappa shape index (κ2) is 3.95. The Bertz CT molecular complexity index is 486. The Hall–Kier alpha value is -1.28. The number of hydrogen-bond donors (Lipinski definition) is 2. The minimum atomic E-state index is 0.768. The molecule has 1 aliphatic rings. The maximum atomic E-state index is 3.62. The molecular weight excluding hydrogens is 196 g/mol. The molecule has 0 radical (unpaired) electrons. The van der Waals surface area contributed by atoms with Crippen molar-refractivity contribution in [1.29, 1.82) is 0 Å². The number of H-pyrrole nitrogens is 1. The first-order valence-electron chi connectivity index (χ1n) is 6.16. The first-order chi connectivity index (χ1) is 7.86. The molecule has 2 nitrogen and oxygen atoms in total. The Morgan fingerprint density at radius 2 is 2.31 bits per heavy atom. The Morgan fingerprint density at radius 1 is 1.38 bits per heavy atom. The molecule has 2 heteroatoms. The summed E-state index contributed by atoms with van der Waals surface area (Å²) in [5.74, 6) is 0.925. The minimum Gasteiger partial charge on any atom is -0.361 e. The quantitative estimate of drug-likeness (QED) is 0.804. The van der Waals surface area contributed by atoms with E-state index in [4.69, 9.17) is 0 Å². The van der Waals surface area contributed by atoms with Gasteiger partial charge >= 0.3 is 0 Å². The van der Waals surface area contributed by atoms with Crippen LogP contribution in [0.1, 0.15) is 25.3 Å². The van der Waals surface area contributed by atoms with Crippen molar-refractivity contribution in [3.8, 4) is 0 Å². The first kappa shape index (κ1) is 9.91. The molecule has 0 spiro atoms. The third-order valence-electron chi connectivity index (χ3n) is 3.63. The van der Waals surface area contributed by atoms with E-state index in [1.54, 1.807) is 0 Å². The largest absolute Gasteiger partial charge is 0.361 e. The molecule has 0 aliphatic heterocycles. The lowest BCUT2D eigenvalue weighted by Crippen LogP contribution is -2.17. The predicted octanol–water partition coefficient (Wildman–Crippen LogP) is 3.06. The molecule has 3 rings (SSSR count). The van der Waals surface area contributed by atoms with E-state index in [1.165, 1.54) is 29.3 Å². The summed E-state index contributed by atoms with van der Waals surface area (Å²) >= 11 is 0. The molecule has 1 heterocycles. The van der Waals surface area contributed by atoms with Crippen molar-refractivity contribution in [2.45, 2.75) is 32.4 Å². The highest BCUT2D eigenvalue weighted by Gasteiger charge is 2.34. The molecule has 0 bridgehead atoms. The molecule has 16 heavy (non-hydrogen) atoms. The maximum absolute atomic E-state index is 3.62. The van der Waals surface area contributed by atoms with Crippen LogP contribution in [0.2, 0.25) is 0 Å². The number of fused-ring (bicyclic) bond motifs is 1. The van der Waals surface area contributed by atoms with Crippen LogP contribution < -0.4 is 5.32 Å². The summed E-state index contributed by atoms with van der Waals surface area (Å²) < 4.78 is 0. The lowest BCUT2D eigenvalue weighted by atomic mass is 10.1. The van der Waals surface area contributed by atoms with E-state index in [1.807, 2.05) is 6.20 Å². The normalized spacial score (nSPS) is 23.8. The van der Waals surface area contributed by atoms with Gasteiger partial charge in [0.2, 0.25) is 0 Å². The Morgan fingerprint density at radius 3 is 3.12 bits per heavy atom. The molecule has 1 aromatic carbocycles. The highest BCUT2D eigenvalue weighted by atomic mass is 15.0. The standard InChI is InChI=1S/C14H18N2/c1-2-11-8-14(11)16-9-10-3-4-12-5-6-15-13(12)7-10/h3-7,11,14-16H,2,8-9H2,1H3. The zero-order valence-corrected chi connectivity index (χ0v) is 9.66. The Balaban J connectivity index is 1.65. The molecule has 0 saturated heterocycles. The Labute approximate surface area is 96.1 Å². The van der Waals surface area contributed by atoms with Crippen LogP contribution >= 0.6 is 0 Å². The van der Waals surface area contributed by atoms with Crippen molar-refractivity contribution < 1.29 is 0 Å². The molecule has 0 amide bonds. The van der Waals surface area contributed by atoms with Crippen molar-refractivity contribution in [3.63, 3.8) is 0 Å². The van der Waals surface area contributed by atoms with Gasteiger partial charge in [-0.2, -0.15) is 0 Å².